The van der Waals surface area contributed by atoms with Crippen LogP contribution in [0.15, 0.2) is 24.3 Å². The van der Waals surface area contributed by atoms with E-state index in [1.165, 1.54) is 19.1 Å². The summed E-state index contributed by atoms with van der Waals surface area (Å²) in [4.78, 5) is 22.4. The van der Waals surface area contributed by atoms with Crippen LogP contribution in [-0.4, -0.2) is 34.2 Å². The number of phenols is 1. The van der Waals surface area contributed by atoms with E-state index in [0.717, 1.165) is 0 Å². The van der Waals surface area contributed by atoms with Crippen LogP contribution in [0.1, 0.15) is 12.5 Å². The highest BCUT2D eigenvalue weighted by Crippen LogP contribution is 2.11. The molecule has 0 aliphatic heterocycles. The van der Waals surface area contributed by atoms with Crippen molar-refractivity contribution in [3.8, 4) is 5.75 Å². The maximum Gasteiger partial charge on any atom is 0.326 e. The number of nitrogens with two attached hydrogens (primary N) is 1. The Kier molecular flexibility index (Phi) is 6.89. The van der Waals surface area contributed by atoms with Crippen molar-refractivity contribution in [3.63, 3.8) is 0 Å². The Morgan fingerprint density at radius 3 is 2.26 bits per heavy atom. The molecule has 0 saturated heterocycles. The molecule has 0 aromatic heterocycles. The zero-order valence-corrected chi connectivity index (χ0v) is 11.2. The van der Waals surface area contributed by atoms with Gasteiger partial charge in [-0.2, -0.15) is 0 Å². The van der Waals surface area contributed by atoms with Gasteiger partial charge in [-0.1, -0.05) is 12.1 Å². The van der Waals surface area contributed by atoms with Crippen LogP contribution in [0.4, 0.5) is 0 Å². The Morgan fingerprint density at radius 1 is 1.32 bits per heavy atom. The van der Waals surface area contributed by atoms with E-state index in [1.807, 2.05) is 0 Å². The second-order valence-electron chi connectivity index (χ2n) is 4.06. The summed E-state index contributed by atoms with van der Waals surface area (Å²) in [6, 6.07) is 4.33. The molecule has 0 bridgehead atoms. The Bertz CT molecular complexity index is 434. The third kappa shape index (κ3) is 5.58. The van der Waals surface area contributed by atoms with Crippen LogP contribution in [0.2, 0.25) is 0 Å². The molecule has 106 valence electrons. The number of rotatable bonds is 5. The fourth-order valence-electron chi connectivity index (χ4n) is 1.37. The number of hydrogen-bond acceptors (Lipinski definition) is 4. The molecule has 1 amide bonds. The fourth-order valence-corrected chi connectivity index (χ4v) is 1.37. The number of nitrogens with one attached hydrogen (secondary N) is 1. The van der Waals surface area contributed by atoms with Gasteiger partial charge in [-0.25, -0.2) is 4.79 Å². The van der Waals surface area contributed by atoms with E-state index in [4.69, 9.17) is 15.9 Å². The zero-order chi connectivity index (χ0) is 13.7. The third-order valence-corrected chi connectivity index (χ3v) is 2.40. The quantitative estimate of drug-likeness (QED) is 0.621. The number of carboxylic acid groups (broad SMARTS) is 1. The maximum absolute atomic E-state index is 11.4. The van der Waals surface area contributed by atoms with Crippen molar-refractivity contribution in [1.29, 1.82) is 0 Å². The van der Waals surface area contributed by atoms with Crippen LogP contribution in [0.3, 0.4) is 0 Å². The highest BCUT2D eigenvalue weighted by molar-refractivity contribution is 5.86. The predicted molar refractivity (Wildman–Crippen MR) is 72.3 cm³/mol. The summed E-state index contributed by atoms with van der Waals surface area (Å²) >= 11 is 0. The van der Waals surface area contributed by atoms with Crippen molar-refractivity contribution < 1.29 is 19.8 Å². The molecule has 0 heterocycles. The van der Waals surface area contributed by atoms with Gasteiger partial charge >= 0.3 is 5.97 Å². The molecule has 0 aliphatic carbocycles. The summed E-state index contributed by atoms with van der Waals surface area (Å²) < 4.78 is 0. The van der Waals surface area contributed by atoms with Crippen molar-refractivity contribution in [1.82, 2.24) is 5.32 Å². The normalized spacial score (nSPS) is 12.9. The molecular formula is C12H17ClN2O4. The lowest BCUT2D eigenvalue weighted by molar-refractivity contribution is -0.141. The first-order valence-electron chi connectivity index (χ1n) is 5.47. The van der Waals surface area contributed by atoms with Gasteiger partial charge in [0.2, 0.25) is 5.91 Å². The minimum absolute atomic E-state index is 0. The summed E-state index contributed by atoms with van der Waals surface area (Å²) in [5, 5.41) is 20.5. The van der Waals surface area contributed by atoms with Gasteiger partial charge < -0.3 is 21.3 Å². The van der Waals surface area contributed by atoms with Gasteiger partial charge in [-0.15, -0.1) is 12.4 Å². The molecule has 0 spiro atoms. The molecular weight excluding hydrogens is 272 g/mol. The summed E-state index contributed by atoms with van der Waals surface area (Å²) in [6.07, 6.45) is 0.133. The number of carbonyl (C=O) groups excluding carboxylic acids is 1. The monoisotopic (exact) mass is 288 g/mol. The number of phenolic OH excluding ortho intramolecular Hbond substituents is 1. The van der Waals surface area contributed by atoms with E-state index in [1.54, 1.807) is 12.1 Å². The number of benzene rings is 1. The number of halogens is 1. The van der Waals surface area contributed by atoms with Crippen molar-refractivity contribution in [2.75, 3.05) is 0 Å². The molecule has 2 atom stereocenters. The van der Waals surface area contributed by atoms with E-state index >= 15 is 0 Å². The SMILES string of the molecule is CC(N)C(=O)NC(Cc1ccc(O)cc1)C(=O)O.Cl. The summed E-state index contributed by atoms with van der Waals surface area (Å²) in [7, 11) is 0. The lowest BCUT2D eigenvalue weighted by Crippen LogP contribution is -2.48. The second-order valence-corrected chi connectivity index (χ2v) is 4.06. The lowest BCUT2D eigenvalue weighted by Gasteiger charge is -2.16. The molecule has 1 aromatic rings. The van der Waals surface area contributed by atoms with Crippen molar-refractivity contribution in [2.24, 2.45) is 5.73 Å². The van der Waals surface area contributed by atoms with Crippen LogP contribution in [-0.2, 0) is 16.0 Å². The summed E-state index contributed by atoms with van der Waals surface area (Å²) in [5.41, 5.74) is 6.06. The average molecular weight is 289 g/mol. The Balaban J connectivity index is 0.00000324. The number of aromatic hydroxyl groups is 1. The Labute approximate surface area is 117 Å². The first-order valence-corrected chi connectivity index (χ1v) is 5.47. The first-order chi connectivity index (χ1) is 8.40. The number of carbonyl (C=O) groups is 2. The smallest absolute Gasteiger partial charge is 0.326 e. The number of hydrogen-bond donors (Lipinski definition) is 4. The molecule has 0 radical (unpaired) electrons. The van der Waals surface area contributed by atoms with Crippen molar-refractivity contribution in [3.05, 3.63) is 29.8 Å². The van der Waals surface area contributed by atoms with Crippen molar-refractivity contribution in [2.45, 2.75) is 25.4 Å². The van der Waals surface area contributed by atoms with Gasteiger partial charge in [0, 0.05) is 6.42 Å². The van der Waals surface area contributed by atoms with Gasteiger partial charge in [0.1, 0.15) is 11.8 Å². The summed E-state index contributed by atoms with van der Waals surface area (Å²) in [6.45, 7) is 1.48. The topological polar surface area (TPSA) is 113 Å². The highest BCUT2D eigenvalue weighted by atomic mass is 35.5. The van der Waals surface area contributed by atoms with Crippen LogP contribution in [0.25, 0.3) is 0 Å². The first kappa shape index (κ1) is 17.2. The standard InChI is InChI=1S/C12H16N2O4.ClH/c1-7(13)11(16)14-10(12(17)18)6-8-2-4-9(15)5-3-8;/h2-5,7,10,15H,6,13H2,1H3,(H,14,16)(H,17,18);1H. The fraction of sp³-hybridized carbons (Fsp3) is 0.333. The van der Waals surface area contributed by atoms with Gasteiger partial charge in [0.25, 0.3) is 0 Å². The predicted octanol–water partition coefficient (Wildman–Crippen LogP) is 0.273. The molecule has 1 aromatic carbocycles. The molecule has 19 heavy (non-hydrogen) atoms. The second kappa shape index (κ2) is 7.60. The van der Waals surface area contributed by atoms with Gasteiger partial charge in [-0.05, 0) is 24.6 Å². The lowest BCUT2D eigenvalue weighted by atomic mass is 10.1. The van der Waals surface area contributed by atoms with Gasteiger partial charge in [0.05, 0.1) is 6.04 Å². The largest absolute Gasteiger partial charge is 0.508 e. The number of carboxylic acids is 1. The van der Waals surface area contributed by atoms with E-state index in [9.17, 15) is 9.59 Å². The van der Waals surface area contributed by atoms with Crippen LogP contribution in [0, 0.1) is 0 Å². The van der Waals surface area contributed by atoms with Crippen LogP contribution in [0.5, 0.6) is 5.75 Å². The van der Waals surface area contributed by atoms with Crippen LogP contribution < -0.4 is 11.1 Å². The van der Waals surface area contributed by atoms with Gasteiger partial charge in [0.15, 0.2) is 0 Å². The molecule has 0 aliphatic rings. The summed E-state index contributed by atoms with van der Waals surface area (Å²) in [5.74, 6) is -1.54. The van der Waals surface area contributed by atoms with Crippen molar-refractivity contribution >= 4 is 24.3 Å². The van der Waals surface area contributed by atoms with Gasteiger partial charge in [-0.3, -0.25) is 4.79 Å². The third-order valence-electron chi connectivity index (χ3n) is 2.40. The van der Waals surface area contributed by atoms with E-state index < -0.39 is 24.0 Å². The molecule has 0 fully saturated rings. The van der Waals surface area contributed by atoms with E-state index in [-0.39, 0.29) is 24.6 Å². The molecule has 5 N–H and O–H groups in total. The van der Waals surface area contributed by atoms with E-state index in [0.29, 0.717) is 5.56 Å². The molecule has 7 heteroatoms. The Morgan fingerprint density at radius 2 is 1.84 bits per heavy atom. The minimum atomic E-state index is -1.13. The Hall–Kier alpha value is -1.79. The maximum atomic E-state index is 11.4. The van der Waals surface area contributed by atoms with E-state index in [2.05, 4.69) is 5.32 Å². The molecule has 1 rings (SSSR count). The van der Waals surface area contributed by atoms with Crippen LogP contribution >= 0.6 is 12.4 Å². The number of amides is 1. The minimum Gasteiger partial charge on any atom is -0.508 e. The molecule has 0 saturated carbocycles. The zero-order valence-electron chi connectivity index (χ0n) is 10.4. The highest BCUT2D eigenvalue weighted by Gasteiger charge is 2.21. The molecule has 2 unspecified atom stereocenters. The number of aliphatic carboxylic acids is 1. The average Bonchev–Trinajstić information content (AvgIpc) is 2.30. The molecule has 6 nitrogen and oxygen atoms in total.